The van der Waals surface area contributed by atoms with Crippen LogP contribution in [0.2, 0.25) is 0 Å². The van der Waals surface area contributed by atoms with Crippen molar-refractivity contribution in [3.63, 3.8) is 0 Å². The highest BCUT2D eigenvalue weighted by Gasteiger charge is 2.09. The number of esters is 1. The molecule has 0 aliphatic rings. The molecule has 0 radical (unpaired) electrons. The molecule has 0 heterocycles. The van der Waals surface area contributed by atoms with E-state index in [4.69, 9.17) is 9.47 Å². The molecule has 0 aliphatic heterocycles. The first-order valence-electron chi connectivity index (χ1n) is 7.06. The van der Waals surface area contributed by atoms with Crippen LogP contribution < -0.4 is 4.74 Å². The third-order valence-electron chi connectivity index (χ3n) is 3.51. The van der Waals surface area contributed by atoms with Crippen molar-refractivity contribution in [3.05, 3.63) is 77.9 Å². The van der Waals surface area contributed by atoms with Gasteiger partial charge in [0.25, 0.3) is 0 Å². The van der Waals surface area contributed by atoms with Gasteiger partial charge in [0.1, 0.15) is 12.4 Å². The van der Waals surface area contributed by atoms with Crippen molar-refractivity contribution in [1.29, 1.82) is 0 Å². The first-order chi connectivity index (χ1) is 10.8. The number of hydrogen-bond donors (Lipinski definition) is 0. The number of carbonyl (C=O) groups excluding carboxylic acids is 1. The van der Waals surface area contributed by atoms with Crippen LogP contribution in [0.4, 0.5) is 0 Å². The van der Waals surface area contributed by atoms with E-state index in [1.54, 1.807) is 13.2 Å². The zero-order valence-corrected chi connectivity index (χ0v) is 12.3. The van der Waals surface area contributed by atoms with E-state index in [9.17, 15) is 4.79 Å². The molecule has 0 saturated heterocycles. The Balaban J connectivity index is 1.79. The average Bonchev–Trinajstić information content (AvgIpc) is 2.59. The first kappa shape index (κ1) is 14.1. The molecule has 0 unspecified atom stereocenters. The summed E-state index contributed by atoms with van der Waals surface area (Å²) < 4.78 is 10.7. The van der Waals surface area contributed by atoms with Gasteiger partial charge in [0.15, 0.2) is 0 Å². The van der Waals surface area contributed by atoms with Crippen LogP contribution in [0, 0.1) is 0 Å². The normalized spacial score (nSPS) is 10.4. The second-order valence-corrected chi connectivity index (χ2v) is 4.96. The maximum absolute atomic E-state index is 12.2. The second kappa shape index (κ2) is 6.31. The Hall–Kier alpha value is -2.81. The highest BCUT2D eigenvalue weighted by molar-refractivity contribution is 5.97. The second-order valence-electron chi connectivity index (χ2n) is 4.96. The van der Waals surface area contributed by atoms with E-state index in [-0.39, 0.29) is 12.6 Å². The van der Waals surface area contributed by atoms with Crippen LogP contribution in [-0.2, 0) is 11.3 Å². The third-order valence-corrected chi connectivity index (χ3v) is 3.51. The molecule has 3 heteroatoms. The van der Waals surface area contributed by atoms with E-state index < -0.39 is 0 Å². The molecule has 0 aliphatic carbocycles. The highest BCUT2D eigenvalue weighted by atomic mass is 16.5. The van der Waals surface area contributed by atoms with Crippen LogP contribution in [0.5, 0.6) is 5.75 Å². The van der Waals surface area contributed by atoms with Crippen molar-refractivity contribution in [3.8, 4) is 5.75 Å². The van der Waals surface area contributed by atoms with Gasteiger partial charge in [0.05, 0.1) is 12.7 Å². The van der Waals surface area contributed by atoms with Crippen molar-refractivity contribution < 1.29 is 14.3 Å². The molecule has 0 amide bonds. The minimum Gasteiger partial charge on any atom is -0.496 e. The van der Waals surface area contributed by atoms with Crippen molar-refractivity contribution in [2.75, 3.05) is 7.11 Å². The van der Waals surface area contributed by atoms with E-state index in [1.165, 1.54) is 0 Å². The fourth-order valence-corrected chi connectivity index (χ4v) is 2.37. The van der Waals surface area contributed by atoms with Gasteiger partial charge in [-0.3, -0.25) is 0 Å². The molecule has 3 nitrogen and oxygen atoms in total. The molecule has 0 N–H and O–H groups in total. The molecule has 3 aromatic carbocycles. The van der Waals surface area contributed by atoms with Crippen LogP contribution in [0.1, 0.15) is 15.9 Å². The summed E-state index contributed by atoms with van der Waals surface area (Å²) in [6, 6.07) is 20.9. The molecular formula is C19H16O3. The summed E-state index contributed by atoms with van der Waals surface area (Å²) in [4.78, 5) is 12.2. The molecule has 0 saturated carbocycles. The number of rotatable bonds is 4. The molecule has 0 fully saturated rings. The standard InChI is InChI=1S/C19H16O3/c1-21-18-9-5-8-15-12-16(10-11-17(15)18)19(20)22-13-14-6-3-2-4-7-14/h2-12H,13H2,1H3. The number of ether oxygens (including phenoxy) is 2. The summed E-state index contributed by atoms with van der Waals surface area (Å²) in [5.74, 6) is 0.468. The van der Waals surface area contributed by atoms with E-state index in [0.29, 0.717) is 5.56 Å². The zero-order valence-electron chi connectivity index (χ0n) is 12.3. The van der Waals surface area contributed by atoms with Gasteiger partial charge < -0.3 is 9.47 Å². The quantitative estimate of drug-likeness (QED) is 0.676. The Morgan fingerprint density at radius 1 is 0.955 bits per heavy atom. The molecular weight excluding hydrogens is 276 g/mol. The largest absolute Gasteiger partial charge is 0.496 e. The van der Waals surface area contributed by atoms with E-state index in [0.717, 1.165) is 22.1 Å². The number of hydrogen-bond acceptors (Lipinski definition) is 3. The van der Waals surface area contributed by atoms with Gasteiger partial charge >= 0.3 is 5.97 Å². The number of carbonyl (C=O) groups is 1. The van der Waals surface area contributed by atoms with E-state index >= 15 is 0 Å². The van der Waals surface area contributed by atoms with Crippen LogP contribution in [0.15, 0.2) is 66.7 Å². The Morgan fingerprint density at radius 3 is 2.55 bits per heavy atom. The number of benzene rings is 3. The molecule has 0 spiro atoms. The minimum absolute atomic E-state index is 0.274. The lowest BCUT2D eigenvalue weighted by molar-refractivity contribution is 0.0473. The van der Waals surface area contributed by atoms with Gasteiger partial charge in [0.2, 0.25) is 0 Å². The van der Waals surface area contributed by atoms with E-state index in [1.807, 2.05) is 60.7 Å². The number of methoxy groups -OCH3 is 1. The van der Waals surface area contributed by atoms with Crippen LogP contribution in [0.25, 0.3) is 10.8 Å². The summed E-state index contributed by atoms with van der Waals surface area (Å²) in [6.07, 6.45) is 0. The summed E-state index contributed by atoms with van der Waals surface area (Å²) in [5, 5.41) is 1.93. The maximum Gasteiger partial charge on any atom is 0.338 e. The van der Waals surface area contributed by atoms with Crippen LogP contribution in [0.3, 0.4) is 0 Å². The van der Waals surface area contributed by atoms with Gasteiger partial charge in [-0.15, -0.1) is 0 Å². The van der Waals surface area contributed by atoms with Crippen LogP contribution in [-0.4, -0.2) is 13.1 Å². The Labute approximate surface area is 129 Å². The smallest absolute Gasteiger partial charge is 0.338 e. The third kappa shape index (κ3) is 2.93. The van der Waals surface area contributed by atoms with Crippen molar-refractivity contribution in [2.45, 2.75) is 6.61 Å². The summed E-state index contributed by atoms with van der Waals surface area (Å²) in [5.41, 5.74) is 1.51. The summed E-state index contributed by atoms with van der Waals surface area (Å²) in [7, 11) is 1.64. The Kier molecular flexibility index (Phi) is 4.05. The predicted molar refractivity (Wildman–Crippen MR) is 86.1 cm³/mol. The predicted octanol–water partition coefficient (Wildman–Crippen LogP) is 4.21. The van der Waals surface area contributed by atoms with Gasteiger partial charge in [-0.05, 0) is 35.2 Å². The average molecular weight is 292 g/mol. The van der Waals surface area contributed by atoms with Gasteiger partial charge in [0, 0.05) is 5.39 Å². The van der Waals surface area contributed by atoms with Gasteiger partial charge in [-0.2, -0.15) is 0 Å². The van der Waals surface area contributed by atoms with Crippen molar-refractivity contribution in [1.82, 2.24) is 0 Å². The van der Waals surface area contributed by atoms with Gasteiger partial charge in [-0.25, -0.2) is 4.79 Å². The fraction of sp³-hybridized carbons (Fsp3) is 0.105. The lowest BCUT2D eigenvalue weighted by Gasteiger charge is -2.08. The lowest BCUT2D eigenvalue weighted by atomic mass is 10.1. The first-order valence-corrected chi connectivity index (χ1v) is 7.06. The van der Waals surface area contributed by atoms with Crippen molar-refractivity contribution in [2.24, 2.45) is 0 Å². The Morgan fingerprint density at radius 2 is 1.77 bits per heavy atom. The SMILES string of the molecule is COc1cccc2cc(C(=O)OCc3ccccc3)ccc12. The minimum atomic E-state index is -0.325. The summed E-state index contributed by atoms with van der Waals surface area (Å²) in [6.45, 7) is 0.274. The van der Waals surface area contributed by atoms with Gasteiger partial charge in [-0.1, -0.05) is 42.5 Å². The number of fused-ring (bicyclic) bond motifs is 1. The topological polar surface area (TPSA) is 35.5 Å². The molecule has 0 bridgehead atoms. The molecule has 22 heavy (non-hydrogen) atoms. The maximum atomic E-state index is 12.2. The molecule has 0 atom stereocenters. The van der Waals surface area contributed by atoms with Crippen molar-refractivity contribution >= 4 is 16.7 Å². The fourth-order valence-electron chi connectivity index (χ4n) is 2.37. The lowest BCUT2D eigenvalue weighted by Crippen LogP contribution is -2.05. The molecule has 0 aromatic heterocycles. The highest BCUT2D eigenvalue weighted by Crippen LogP contribution is 2.26. The van der Waals surface area contributed by atoms with Crippen LogP contribution >= 0.6 is 0 Å². The Bertz CT molecular complexity index is 794. The monoisotopic (exact) mass is 292 g/mol. The molecule has 110 valence electrons. The zero-order chi connectivity index (χ0) is 15.4. The summed E-state index contributed by atoms with van der Waals surface area (Å²) >= 11 is 0. The molecule has 3 rings (SSSR count). The molecule has 3 aromatic rings. The van der Waals surface area contributed by atoms with E-state index in [2.05, 4.69) is 0 Å².